The number of hydrogen-bond acceptors (Lipinski definition) is 2. The van der Waals surface area contributed by atoms with Crippen LogP contribution in [0.5, 0.6) is 0 Å². The van der Waals surface area contributed by atoms with Crippen molar-refractivity contribution in [3.8, 4) is 0 Å². The predicted octanol–water partition coefficient (Wildman–Crippen LogP) is 3.26. The van der Waals surface area contributed by atoms with Crippen LogP contribution < -0.4 is 11.1 Å². The Morgan fingerprint density at radius 1 is 1.53 bits per heavy atom. The number of anilines is 1. The highest BCUT2D eigenvalue weighted by Crippen LogP contribution is 2.16. The number of nitrogens with one attached hydrogen (secondary N) is 1. The highest BCUT2D eigenvalue weighted by molar-refractivity contribution is 7.80. The van der Waals surface area contributed by atoms with E-state index >= 15 is 0 Å². The smallest absolute Gasteiger partial charge is 0.322 e. The molecule has 0 unspecified atom stereocenters. The van der Waals surface area contributed by atoms with Gasteiger partial charge in [-0.05, 0) is 32.0 Å². The SMILES string of the molecule is CC(C)N(CCC(N)=S)C(=O)Nc1cccc(Cl)c1. The molecule has 0 spiro atoms. The van der Waals surface area contributed by atoms with E-state index in [0.717, 1.165) is 0 Å². The van der Waals surface area contributed by atoms with Crippen LogP contribution in [0.2, 0.25) is 5.02 Å². The summed E-state index contributed by atoms with van der Waals surface area (Å²) < 4.78 is 0. The first-order valence-electron chi connectivity index (χ1n) is 6.01. The molecule has 0 atom stereocenters. The van der Waals surface area contributed by atoms with Crippen LogP contribution in [-0.2, 0) is 0 Å². The van der Waals surface area contributed by atoms with Gasteiger partial charge < -0.3 is 16.0 Å². The topological polar surface area (TPSA) is 58.4 Å². The van der Waals surface area contributed by atoms with E-state index in [1.165, 1.54) is 0 Å². The molecule has 104 valence electrons. The maximum absolute atomic E-state index is 12.2. The van der Waals surface area contributed by atoms with Crippen LogP contribution in [0.1, 0.15) is 20.3 Å². The van der Waals surface area contributed by atoms with Gasteiger partial charge in [0.2, 0.25) is 0 Å². The average Bonchev–Trinajstić information content (AvgIpc) is 2.28. The number of nitrogens with two attached hydrogens (primary N) is 1. The molecule has 0 aliphatic heterocycles. The van der Waals surface area contributed by atoms with Gasteiger partial charge in [-0.15, -0.1) is 0 Å². The second-order valence-corrected chi connectivity index (χ2v) is 5.40. The van der Waals surface area contributed by atoms with Crippen molar-refractivity contribution in [3.05, 3.63) is 29.3 Å². The molecule has 1 rings (SSSR count). The fourth-order valence-corrected chi connectivity index (χ4v) is 1.87. The van der Waals surface area contributed by atoms with Gasteiger partial charge in [0.1, 0.15) is 0 Å². The number of carbonyl (C=O) groups is 1. The zero-order valence-electron chi connectivity index (χ0n) is 11.0. The lowest BCUT2D eigenvalue weighted by atomic mass is 10.3. The number of benzene rings is 1. The lowest BCUT2D eigenvalue weighted by molar-refractivity contribution is 0.199. The Labute approximate surface area is 123 Å². The van der Waals surface area contributed by atoms with Gasteiger partial charge in [-0.2, -0.15) is 0 Å². The van der Waals surface area contributed by atoms with Gasteiger partial charge >= 0.3 is 6.03 Å². The van der Waals surface area contributed by atoms with Gasteiger partial charge in [-0.1, -0.05) is 29.9 Å². The molecule has 0 aliphatic rings. The number of halogens is 1. The number of amides is 2. The van der Waals surface area contributed by atoms with Crippen molar-refractivity contribution in [2.75, 3.05) is 11.9 Å². The Morgan fingerprint density at radius 3 is 2.74 bits per heavy atom. The van der Waals surface area contributed by atoms with Crippen LogP contribution >= 0.6 is 23.8 Å². The third kappa shape index (κ3) is 5.44. The first kappa shape index (κ1) is 15.7. The number of rotatable bonds is 5. The van der Waals surface area contributed by atoms with E-state index in [9.17, 15) is 4.79 Å². The molecular formula is C13H18ClN3OS. The van der Waals surface area contributed by atoms with Crippen LogP contribution in [0, 0.1) is 0 Å². The summed E-state index contributed by atoms with van der Waals surface area (Å²) in [6.07, 6.45) is 0.510. The molecule has 3 N–H and O–H groups in total. The Kier molecular flexibility index (Phi) is 6.05. The fraction of sp³-hybridized carbons (Fsp3) is 0.385. The van der Waals surface area contributed by atoms with Crippen molar-refractivity contribution in [2.45, 2.75) is 26.3 Å². The van der Waals surface area contributed by atoms with Crippen LogP contribution in [-0.4, -0.2) is 28.5 Å². The van der Waals surface area contributed by atoms with Crippen molar-refractivity contribution < 1.29 is 4.79 Å². The number of thiocarbonyl (C=S) groups is 1. The van der Waals surface area contributed by atoms with Crippen molar-refractivity contribution in [3.63, 3.8) is 0 Å². The van der Waals surface area contributed by atoms with Crippen molar-refractivity contribution in [1.82, 2.24) is 4.90 Å². The first-order valence-corrected chi connectivity index (χ1v) is 6.80. The standard InChI is InChI=1S/C13H18ClN3OS/c1-9(2)17(7-6-12(15)19)13(18)16-11-5-3-4-10(14)8-11/h3-5,8-9H,6-7H2,1-2H3,(H2,15,19)(H,16,18). The second-order valence-electron chi connectivity index (χ2n) is 4.44. The molecule has 0 heterocycles. The van der Waals surface area contributed by atoms with E-state index in [4.69, 9.17) is 29.6 Å². The monoisotopic (exact) mass is 299 g/mol. The molecule has 6 heteroatoms. The van der Waals surface area contributed by atoms with Crippen molar-refractivity contribution >= 4 is 40.5 Å². The number of carbonyl (C=O) groups excluding carboxylic acids is 1. The molecule has 0 saturated heterocycles. The Morgan fingerprint density at radius 2 is 2.21 bits per heavy atom. The maximum Gasteiger partial charge on any atom is 0.322 e. The minimum Gasteiger partial charge on any atom is -0.393 e. The summed E-state index contributed by atoms with van der Waals surface area (Å²) >= 11 is 10.7. The van der Waals surface area contributed by atoms with Crippen LogP contribution in [0.25, 0.3) is 0 Å². The normalized spacial score (nSPS) is 10.3. The molecule has 1 aromatic rings. The van der Waals surface area contributed by atoms with Crippen molar-refractivity contribution in [1.29, 1.82) is 0 Å². The maximum atomic E-state index is 12.2. The highest BCUT2D eigenvalue weighted by Gasteiger charge is 2.16. The van der Waals surface area contributed by atoms with E-state index in [0.29, 0.717) is 28.7 Å². The number of nitrogens with zero attached hydrogens (tertiary/aromatic N) is 1. The first-order chi connectivity index (χ1) is 8.90. The van der Waals surface area contributed by atoms with E-state index in [1.54, 1.807) is 29.2 Å². The van der Waals surface area contributed by atoms with Gasteiger partial charge in [-0.3, -0.25) is 0 Å². The summed E-state index contributed by atoms with van der Waals surface area (Å²) in [5.41, 5.74) is 6.13. The van der Waals surface area contributed by atoms with Crippen molar-refractivity contribution in [2.24, 2.45) is 5.73 Å². The van der Waals surface area contributed by atoms with Gasteiger partial charge in [-0.25, -0.2) is 4.79 Å². The fourth-order valence-electron chi connectivity index (χ4n) is 1.59. The zero-order valence-corrected chi connectivity index (χ0v) is 12.6. The molecule has 0 aromatic heterocycles. The molecule has 0 saturated carbocycles. The summed E-state index contributed by atoms with van der Waals surface area (Å²) in [6.45, 7) is 4.38. The molecular weight excluding hydrogens is 282 g/mol. The largest absolute Gasteiger partial charge is 0.393 e. The second kappa shape index (κ2) is 7.31. The van der Waals surface area contributed by atoms with Gasteiger partial charge in [0, 0.05) is 29.7 Å². The number of hydrogen-bond donors (Lipinski definition) is 2. The summed E-state index contributed by atoms with van der Waals surface area (Å²) in [5, 5.41) is 3.39. The average molecular weight is 300 g/mol. The lowest BCUT2D eigenvalue weighted by Gasteiger charge is -2.26. The van der Waals surface area contributed by atoms with E-state index < -0.39 is 0 Å². The molecule has 4 nitrogen and oxygen atoms in total. The summed E-state index contributed by atoms with van der Waals surface area (Å²) in [7, 11) is 0. The van der Waals surface area contributed by atoms with E-state index in [1.807, 2.05) is 13.8 Å². The lowest BCUT2D eigenvalue weighted by Crippen LogP contribution is -2.41. The molecule has 19 heavy (non-hydrogen) atoms. The van der Waals surface area contributed by atoms with Gasteiger partial charge in [0.15, 0.2) is 0 Å². The summed E-state index contributed by atoms with van der Waals surface area (Å²) in [6, 6.07) is 6.90. The molecule has 0 aliphatic carbocycles. The highest BCUT2D eigenvalue weighted by atomic mass is 35.5. The van der Waals surface area contributed by atoms with E-state index in [2.05, 4.69) is 5.32 Å². The Hall–Kier alpha value is -1.33. The summed E-state index contributed by atoms with van der Waals surface area (Å²) in [4.78, 5) is 14.3. The van der Waals surface area contributed by atoms with E-state index in [-0.39, 0.29) is 12.1 Å². The summed E-state index contributed by atoms with van der Waals surface area (Å²) in [5.74, 6) is 0. The Bertz CT molecular complexity index is 465. The molecule has 0 radical (unpaired) electrons. The van der Waals surface area contributed by atoms with Gasteiger partial charge in [0.05, 0.1) is 4.99 Å². The molecule has 2 amide bonds. The minimum absolute atomic E-state index is 0.0635. The van der Waals surface area contributed by atoms with Gasteiger partial charge in [0.25, 0.3) is 0 Å². The predicted molar refractivity (Wildman–Crippen MR) is 83.7 cm³/mol. The van der Waals surface area contributed by atoms with Crippen LogP contribution in [0.3, 0.4) is 0 Å². The van der Waals surface area contributed by atoms with Crippen LogP contribution in [0.4, 0.5) is 10.5 Å². The number of urea groups is 1. The molecule has 0 fully saturated rings. The third-order valence-corrected chi connectivity index (χ3v) is 3.00. The Balaban J connectivity index is 2.69. The molecule has 1 aromatic carbocycles. The van der Waals surface area contributed by atoms with Crippen LogP contribution in [0.15, 0.2) is 24.3 Å². The third-order valence-electron chi connectivity index (χ3n) is 2.56. The molecule has 0 bridgehead atoms. The zero-order chi connectivity index (χ0) is 14.4. The minimum atomic E-state index is -0.187. The quantitative estimate of drug-likeness (QED) is 0.821.